The second-order valence-electron chi connectivity index (χ2n) is 8.49. The molecule has 3 aromatic carbocycles. The molecule has 0 fully saturated rings. The second-order valence-corrected chi connectivity index (χ2v) is 8.49. The van der Waals surface area contributed by atoms with Gasteiger partial charge >= 0.3 is 0 Å². The van der Waals surface area contributed by atoms with Crippen LogP contribution in [0.1, 0.15) is 47.9 Å². The van der Waals surface area contributed by atoms with Crippen molar-refractivity contribution >= 4 is 5.91 Å². The third kappa shape index (κ3) is 6.35. The third-order valence-corrected chi connectivity index (χ3v) is 5.85. The van der Waals surface area contributed by atoms with Crippen LogP contribution < -0.4 is 10.1 Å². The Morgan fingerprint density at radius 1 is 0.943 bits per heavy atom. The molecule has 6 nitrogen and oxygen atoms in total. The smallest absolute Gasteiger partial charge is 0.251 e. The summed E-state index contributed by atoms with van der Waals surface area (Å²) in [7, 11) is 1.65. The van der Waals surface area contributed by atoms with Crippen LogP contribution >= 0.6 is 0 Å². The van der Waals surface area contributed by atoms with Gasteiger partial charge in [0, 0.05) is 24.1 Å². The van der Waals surface area contributed by atoms with E-state index in [0.29, 0.717) is 12.1 Å². The van der Waals surface area contributed by atoms with Gasteiger partial charge in [-0.2, -0.15) is 5.10 Å². The highest BCUT2D eigenvalue weighted by Crippen LogP contribution is 2.24. The van der Waals surface area contributed by atoms with Crippen LogP contribution in [0.25, 0.3) is 17.1 Å². The van der Waals surface area contributed by atoms with Crippen molar-refractivity contribution < 1.29 is 9.53 Å². The fraction of sp³-hybridized carbons (Fsp3) is 0.276. The zero-order chi connectivity index (χ0) is 24.5. The van der Waals surface area contributed by atoms with Gasteiger partial charge in [-0.3, -0.25) is 4.79 Å². The number of unbranched alkanes of at least 4 members (excludes halogenated alkanes) is 1. The zero-order valence-electron chi connectivity index (χ0n) is 20.4. The number of rotatable bonds is 11. The highest BCUT2D eigenvalue weighted by atomic mass is 16.5. The minimum absolute atomic E-state index is 0.0774. The van der Waals surface area contributed by atoms with Gasteiger partial charge in [0.15, 0.2) is 11.6 Å². The molecule has 0 aliphatic carbocycles. The summed E-state index contributed by atoms with van der Waals surface area (Å²) < 4.78 is 7.11. The van der Waals surface area contributed by atoms with Crippen molar-refractivity contribution in [1.29, 1.82) is 0 Å². The molecule has 0 radical (unpaired) electrons. The van der Waals surface area contributed by atoms with Crippen molar-refractivity contribution in [2.75, 3.05) is 13.7 Å². The lowest BCUT2D eigenvalue weighted by atomic mass is 10.1. The topological polar surface area (TPSA) is 69.0 Å². The molecule has 180 valence electrons. The summed E-state index contributed by atoms with van der Waals surface area (Å²) in [5.74, 6) is 2.24. The molecule has 0 bridgehead atoms. The number of amides is 1. The summed E-state index contributed by atoms with van der Waals surface area (Å²) in [4.78, 5) is 17.6. The number of nitrogens with zero attached hydrogens (tertiary/aromatic N) is 3. The number of hydrogen-bond acceptors (Lipinski definition) is 4. The molecule has 0 saturated heterocycles. The monoisotopic (exact) mass is 468 g/mol. The number of nitrogens with one attached hydrogen (secondary N) is 1. The normalized spacial score (nSPS) is 10.8. The van der Waals surface area contributed by atoms with Crippen molar-refractivity contribution in [3.63, 3.8) is 0 Å². The number of carbonyl (C=O) groups excluding carboxylic acids is 1. The molecule has 0 aliphatic heterocycles. The van der Waals surface area contributed by atoms with E-state index in [4.69, 9.17) is 14.8 Å². The number of aromatic nitrogens is 3. The molecule has 0 saturated carbocycles. The summed E-state index contributed by atoms with van der Waals surface area (Å²) in [5.41, 5.74) is 3.68. The van der Waals surface area contributed by atoms with Gasteiger partial charge in [0.2, 0.25) is 0 Å². The number of hydrogen-bond donors (Lipinski definition) is 1. The first kappa shape index (κ1) is 24.2. The summed E-state index contributed by atoms with van der Waals surface area (Å²) >= 11 is 0. The van der Waals surface area contributed by atoms with E-state index in [9.17, 15) is 4.79 Å². The second kappa shape index (κ2) is 12.0. The highest BCUT2D eigenvalue weighted by molar-refractivity contribution is 5.94. The van der Waals surface area contributed by atoms with E-state index in [0.717, 1.165) is 60.8 Å². The average molecular weight is 469 g/mol. The van der Waals surface area contributed by atoms with E-state index in [1.165, 1.54) is 5.56 Å². The Bertz CT molecular complexity index is 1230. The molecule has 0 atom stereocenters. The Morgan fingerprint density at radius 3 is 2.49 bits per heavy atom. The first-order valence-electron chi connectivity index (χ1n) is 12.2. The molecule has 1 aromatic heterocycles. The van der Waals surface area contributed by atoms with Crippen LogP contribution in [0.2, 0.25) is 0 Å². The van der Waals surface area contributed by atoms with Gasteiger partial charge in [0.05, 0.1) is 12.8 Å². The van der Waals surface area contributed by atoms with Gasteiger partial charge < -0.3 is 10.1 Å². The Kier molecular flexibility index (Phi) is 8.28. The minimum Gasteiger partial charge on any atom is -0.497 e. The number of benzene rings is 3. The quantitative estimate of drug-likeness (QED) is 0.289. The summed E-state index contributed by atoms with van der Waals surface area (Å²) in [6.07, 6.45) is 4.74. The van der Waals surface area contributed by atoms with E-state index in [-0.39, 0.29) is 5.91 Å². The lowest BCUT2D eigenvalue weighted by Crippen LogP contribution is -2.24. The predicted molar refractivity (Wildman–Crippen MR) is 139 cm³/mol. The molecular formula is C29H32N4O2. The Balaban J connectivity index is 1.46. The Hall–Kier alpha value is -3.93. The molecule has 6 heteroatoms. The first-order valence-corrected chi connectivity index (χ1v) is 12.2. The molecule has 4 aromatic rings. The molecular weight excluding hydrogens is 436 g/mol. The van der Waals surface area contributed by atoms with Crippen LogP contribution in [0, 0.1) is 0 Å². The zero-order valence-corrected chi connectivity index (χ0v) is 20.4. The molecule has 0 unspecified atom stereocenters. The third-order valence-electron chi connectivity index (χ3n) is 5.85. The molecule has 0 spiro atoms. The van der Waals surface area contributed by atoms with Crippen LogP contribution in [0.4, 0.5) is 0 Å². The van der Waals surface area contributed by atoms with Crippen LogP contribution in [0.3, 0.4) is 0 Å². The number of aryl methyl sites for hydroxylation is 2. The molecule has 1 N–H and O–H groups in total. The molecule has 4 rings (SSSR count). The number of carbonyl (C=O) groups is 1. The van der Waals surface area contributed by atoms with E-state index in [1.54, 1.807) is 7.11 Å². The predicted octanol–water partition coefficient (Wildman–Crippen LogP) is 5.65. The maximum absolute atomic E-state index is 12.8. The summed E-state index contributed by atoms with van der Waals surface area (Å²) in [6, 6.07) is 25.7. The van der Waals surface area contributed by atoms with Crippen molar-refractivity contribution in [2.45, 2.75) is 39.0 Å². The van der Waals surface area contributed by atoms with Crippen molar-refractivity contribution in [3.8, 4) is 22.8 Å². The van der Waals surface area contributed by atoms with Crippen molar-refractivity contribution in [2.24, 2.45) is 0 Å². The largest absolute Gasteiger partial charge is 0.497 e. The maximum Gasteiger partial charge on any atom is 0.251 e. The van der Waals surface area contributed by atoms with Gasteiger partial charge in [0.25, 0.3) is 5.91 Å². The highest BCUT2D eigenvalue weighted by Gasteiger charge is 2.15. The van der Waals surface area contributed by atoms with Crippen LogP contribution in [-0.4, -0.2) is 34.3 Å². The van der Waals surface area contributed by atoms with Gasteiger partial charge in [-0.25, -0.2) is 9.67 Å². The molecule has 1 amide bonds. The molecule has 35 heavy (non-hydrogen) atoms. The van der Waals surface area contributed by atoms with E-state index in [1.807, 2.05) is 59.3 Å². The molecule has 0 aliphatic rings. The van der Waals surface area contributed by atoms with Gasteiger partial charge in [0.1, 0.15) is 5.75 Å². The van der Waals surface area contributed by atoms with Gasteiger partial charge in [-0.1, -0.05) is 43.3 Å². The number of ether oxygens (including phenoxy) is 1. The lowest BCUT2D eigenvalue weighted by Gasteiger charge is -2.09. The molecule has 1 heterocycles. The van der Waals surface area contributed by atoms with E-state index >= 15 is 0 Å². The number of methoxy groups -OCH3 is 1. The van der Waals surface area contributed by atoms with Crippen LogP contribution in [0.15, 0.2) is 78.9 Å². The van der Waals surface area contributed by atoms with Gasteiger partial charge in [-0.05, 0) is 73.7 Å². The van der Waals surface area contributed by atoms with Crippen molar-refractivity contribution in [1.82, 2.24) is 20.1 Å². The van der Waals surface area contributed by atoms with Crippen molar-refractivity contribution in [3.05, 3.63) is 95.8 Å². The van der Waals surface area contributed by atoms with E-state index < -0.39 is 0 Å². The van der Waals surface area contributed by atoms with Crippen LogP contribution in [-0.2, 0) is 12.8 Å². The first-order chi connectivity index (χ1) is 17.2. The Labute approximate surface area is 207 Å². The SMILES string of the molecule is CCCc1nc(-c2ccc(OC)cc2)n(-c2cccc(C(=O)NCCCCc3ccccc3)c2)n1. The van der Waals surface area contributed by atoms with E-state index in [2.05, 4.69) is 36.5 Å². The van der Waals surface area contributed by atoms with Gasteiger partial charge in [-0.15, -0.1) is 0 Å². The fourth-order valence-electron chi connectivity index (χ4n) is 3.97. The summed E-state index contributed by atoms with van der Waals surface area (Å²) in [5, 5.41) is 7.80. The fourth-order valence-corrected chi connectivity index (χ4v) is 3.97. The lowest BCUT2D eigenvalue weighted by molar-refractivity contribution is 0.0953. The maximum atomic E-state index is 12.8. The Morgan fingerprint density at radius 2 is 1.74 bits per heavy atom. The van der Waals surface area contributed by atoms with Crippen LogP contribution in [0.5, 0.6) is 5.75 Å². The average Bonchev–Trinajstić information content (AvgIpc) is 3.33. The standard InChI is InChI=1S/C29H32N4O2/c1-3-10-27-31-28(23-16-18-26(35-2)19-17-23)33(32-27)25-15-9-14-24(21-25)29(34)30-20-8-7-13-22-11-5-4-6-12-22/h4-6,9,11-12,14-19,21H,3,7-8,10,13,20H2,1-2H3,(H,30,34). The minimum atomic E-state index is -0.0774. The summed E-state index contributed by atoms with van der Waals surface area (Å²) in [6.45, 7) is 2.76.